The highest BCUT2D eigenvalue weighted by Gasteiger charge is 2.22. The third kappa shape index (κ3) is 6.00. The fourth-order valence-corrected chi connectivity index (χ4v) is 3.17. The molecule has 1 aromatic heterocycles. The number of para-hydroxylation sites is 1. The Morgan fingerprint density at radius 1 is 1.06 bits per heavy atom. The van der Waals surface area contributed by atoms with Crippen LogP contribution in [0, 0.1) is 0 Å². The minimum Gasteiger partial charge on any atom is -0.497 e. The Balaban J connectivity index is 1.66. The largest absolute Gasteiger partial charge is 0.497 e. The summed E-state index contributed by atoms with van der Waals surface area (Å²) in [5, 5.41) is 8.40. The van der Waals surface area contributed by atoms with Crippen molar-refractivity contribution in [3.63, 3.8) is 0 Å². The van der Waals surface area contributed by atoms with E-state index in [0.717, 1.165) is 5.56 Å². The number of hydrogen-bond donors (Lipinski definition) is 3. The van der Waals surface area contributed by atoms with Gasteiger partial charge < -0.3 is 30.0 Å². The van der Waals surface area contributed by atoms with Crippen molar-refractivity contribution in [2.24, 2.45) is 7.05 Å². The van der Waals surface area contributed by atoms with Crippen molar-refractivity contribution in [2.75, 3.05) is 26.1 Å². The molecule has 2 aromatic carbocycles. The Bertz CT molecular complexity index is 1030. The molecule has 1 atom stereocenters. The van der Waals surface area contributed by atoms with Gasteiger partial charge in [0.15, 0.2) is 0 Å². The average molecular weight is 438 g/mol. The minimum atomic E-state index is -0.523. The second-order valence-corrected chi connectivity index (χ2v) is 7.04. The summed E-state index contributed by atoms with van der Waals surface area (Å²) in [6.07, 6.45) is 3.58. The normalized spacial score (nSPS) is 11.3. The summed E-state index contributed by atoms with van der Waals surface area (Å²) in [6.45, 7) is 0.180. The number of ether oxygens (including phenoxy) is 2. The lowest BCUT2D eigenvalue weighted by molar-refractivity contribution is -0.121. The van der Waals surface area contributed by atoms with E-state index < -0.39 is 6.04 Å². The number of aryl methyl sites for hydroxylation is 1. The molecule has 168 valence electrons. The van der Waals surface area contributed by atoms with Gasteiger partial charge in [-0.05, 0) is 29.8 Å². The zero-order valence-electron chi connectivity index (χ0n) is 18.3. The van der Waals surface area contributed by atoms with Crippen molar-refractivity contribution >= 4 is 17.6 Å². The molecule has 0 spiro atoms. The van der Waals surface area contributed by atoms with Crippen molar-refractivity contribution < 1.29 is 19.1 Å². The molecule has 0 aliphatic carbocycles. The zero-order chi connectivity index (χ0) is 22.9. The van der Waals surface area contributed by atoms with E-state index in [1.54, 1.807) is 44.8 Å². The molecule has 3 N–H and O–H groups in total. The van der Waals surface area contributed by atoms with Crippen LogP contribution < -0.4 is 25.4 Å². The van der Waals surface area contributed by atoms with Crippen molar-refractivity contribution in [1.82, 2.24) is 20.2 Å². The maximum Gasteiger partial charge on any atom is 0.319 e. The maximum atomic E-state index is 12.7. The summed E-state index contributed by atoms with van der Waals surface area (Å²) >= 11 is 0. The molecule has 3 aromatic rings. The predicted octanol–water partition coefficient (Wildman–Crippen LogP) is 2.85. The SMILES string of the molecule is COc1cc(OC)cc([C@H](NC(=O)CCNC(=O)Nc2ccccc2)c2nccn2C)c1. The van der Waals surface area contributed by atoms with Gasteiger partial charge in [0.2, 0.25) is 5.91 Å². The Kier molecular flexibility index (Phi) is 7.69. The van der Waals surface area contributed by atoms with Crippen LogP contribution in [0.4, 0.5) is 10.5 Å². The Labute approximate surface area is 186 Å². The predicted molar refractivity (Wildman–Crippen MR) is 121 cm³/mol. The molecule has 3 rings (SSSR count). The fourth-order valence-electron chi connectivity index (χ4n) is 3.17. The molecule has 9 nitrogen and oxygen atoms in total. The highest BCUT2D eigenvalue weighted by molar-refractivity contribution is 5.89. The zero-order valence-corrected chi connectivity index (χ0v) is 18.3. The van der Waals surface area contributed by atoms with Gasteiger partial charge in [0.25, 0.3) is 0 Å². The number of imidazole rings is 1. The molecular weight excluding hydrogens is 410 g/mol. The molecule has 0 aliphatic rings. The van der Waals surface area contributed by atoms with Crippen molar-refractivity contribution in [1.29, 1.82) is 0 Å². The summed E-state index contributed by atoms with van der Waals surface area (Å²) in [5.41, 5.74) is 1.44. The van der Waals surface area contributed by atoms with Gasteiger partial charge in [-0.15, -0.1) is 0 Å². The first-order chi connectivity index (χ1) is 15.5. The minimum absolute atomic E-state index is 0.101. The average Bonchev–Trinajstić information content (AvgIpc) is 3.23. The summed E-state index contributed by atoms with van der Waals surface area (Å²) in [7, 11) is 4.99. The number of nitrogens with one attached hydrogen (secondary N) is 3. The number of carbonyl (C=O) groups excluding carboxylic acids is 2. The topological polar surface area (TPSA) is 107 Å². The Morgan fingerprint density at radius 3 is 2.34 bits per heavy atom. The van der Waals surface area contributed by atoms with Gasteiger partial charge in [-0.3, -0.25) is 4.79 Å². The number of aromatic nitrogens is 2. The van der Waals surface area contributed by atoms with Gasteiger partial charge >= 0.3 is 6.03 Å². The van der Waals surface area contributed by atoms with Crippen molar-refractivity contribution in [3.8, 4) is 11.5 Å². The highest BCUT2D eigenvalue weighted by Crippen LogP contribution is 2.29. The first kappa shape index (κ1) is 22.7. The third-order valence-corrected chi connectivity index (χ3v) is 4.80. The third-order valence-electron chi connectivity index (χ3n) is 4.80. The van der Waals surface area contributed by atoms with Gasteiger partial charge in [0.05, 0.1) is 14.2 Å². The van der Waals surface area contributed by atoms with E-state index in [-0.39, 0.29) is 24.9 Å². The second kappa shape index (κ2) is 10.9. The van der Waals surface area contributed by atoms with Crippen LogP contribution in [0.1, 0.15) is 23.9 Å². The maximum absolute atomic E-state index is 12.7. The molecule has 0 saturated heterocycles. The van der Waals surface area contributed by atoms with Crippen molar-refractivity contribution in [2.45, 2.75) is 12.5 Å². The molecule has 0 radical (unpaired) electrons. The molecule has 9 heteroatoms. The number of rotatable bonds is 9. The molecule has 0 unspecified atom stereocenters. The highest BCUT2D eigenvalue weighted by atomic mass is 16.5. The molecule has 1 heterocycles. The smallest absolute Gasteiger partial charge is 0.319 e. The van der Waals surface area contributed by atoms with Crippen LogP contribution in [0.3, 0.4) is 0 Å². The van der Waals surface area contributed by atoms with Crippen LogP contribution in [0.2, 0.25) is 0 Å². The van der Waals surface area contributed by atoms with Crippen LogP contribution in [-0.4, -0.2) is 42.3 Å². The lowest BCUT2D eigenvalue weighted by Crippen LogP contribution is -2.35. The van der Waals surface area contributed by atoms with Crippen LogP contribution in [-0.2, 0) is 11.8 Å². The van der Waals surface area contributed by atoms with E-state index in [4.69, 9.17) is 9.47 Å². The van der Waals surface area contributed by atoms with Crippen LogP contribution in [0.25, 0.3) is 0 Å². The van der Waals surface area contributed by atoms with E-state index in [9.17, 15) is 9.59 Å². The van der Waals surface area contributed by atoms with Gasteiger partial charge in [-0.1, -0.05) is 18.2 Å². The molecule has 32 heavy (non-hydrogen) atoms. The van der Waals surface area contributed by atoms with E-state index in [2.05, 4.69) is 20.9 Å². The number of nitrogens with zero attached hydrogens (tertiary/aromatic N) is 2. The monoisotopic (exact) mass is 437 g/mol. The molecule has 0 saturated carbocycles. The lowest BCUT2D eigenvalue weighted by atomic mass is 10.0. The van der Waals surface area contributed by atoms with E-state index in [1.165, 1.54) is 0 Å². The van der Waals surface area contributed by atoms with E-state index in [1.807, 2.05) is 41.9 Å². The Hall–Kier alpha value is -4.01. The standard InChI is InChI=1S/C23H27N5O4/c1-28-12-11-24-22(28)21(16-13-18(31-2)15-19(14-16)32-3)27-20(29)9-10-25-23(30)26-17-7-5-4-6-8-17/h4-8,11-15,21H,9-10H2,1-3H3,(H,27,29)(H2,25,26,30)/t21-/m0/s1. The van der Waals surface area contributed by atoms with E-state index in [0.29, 0.717) is 23.0 Å². The fraction of sp³-hybridized carbons (Fsp3) is 0.261. The number of anilines is 1. The molecule has 0 fully saturated rings. The van der Waals surface area contributed by atoms with Crippen molar-refractivity contribution in [3.05, 3.63) is 72.3 Å². The summed E-state index contributed by atoms with van der Waals surface area (Å²) in [6, 6.07) is 13.6. The van der Waals surface area contributed by atoms with Gasteiger partial charge in [0.1, 0.15) is 23.4 Å². The van der Waals surface area contributed by atoms with E-state index >= 15 is 0 Å². The first-order valence-corrected chi connectivity index (χ1v) is 10.1. The lowest BCUT2D eigenvalue weighted by Gasteiger charge is -2.20. The summed E-state index contributed by atoms with van der Waals surface area (Å²) < 4.78 is 12.6. The molecular formula is C23H27N5O4. The number of methoxy groups -OCH3 is 2. The molecule has 0 bridgehead atoms. The molecule has 3 amide bonds. The number of benzene rings is 2. The second-order valence-electron chi connectivity index (χ2n) is 7.04. The van der Waals surface area contributed by atoms with Gasteiger partial charge in [-0.2, -0.15) is 0 Å². The number of hydrogen-bond acceptors (Lipinski definition) is 5. The summed E-state index contributed by atoms with van der Waals surface area (Å²) in [4.78, 5) is 29.1. The number of amides is 3. The van der Waals surface area contributed by atoms with Crippen LogP contribution in [0.15, 0.2) is 60.9 Å². The Morgan fingerprint density at radius 2 is 1.75 bits per heavy atom. The first-order valence-electron chi connectivity index (χ1n) is 10.1. The van der Waals surface area contributed by atoms with Crippen LogP contribution >= 0.6 is 0 Å². The van der Waals surface area contributed by atoms with Crippen LogP contribution in [0.5, 0.6) is 11.5 Å². The quantitative estimate of drug-likeness (QED) is 0.477. The number of carbonyl (C=O) groups is 2. The van der Waals surface area contributed by atoms with Gasteiger partial charge in [-0.25, -0.2) is 9.78 Å². The van der Waals surface area contributed by atoms with Gasteiger partial charge in [0, 0.05) is 44.2 Å². The number of urea groups is 1. The molecule has 0 aliphatic heterocycles. The summed E-state index contributed by atoms with van der Waals surface area (Å²) in [5.74, 6) is 1.63.